The fourth-order valence-electron chi connectivity index (χ4n) is 7.13. The van der Waals surface area contributed by atoms with Gasteiger partial charge in [0.05, 0.1) is 31.8 Å². The Hall–Kier alpha value is -3.64. The molecule has 0 amide bonds. The third-order valence-electron chi connectivity index (χ3n) is 10.0. The molecule has 0 bridgehead atoms. The van der Waals surface area contributed by atoms with Crippen molar-refractivity contribution in [2.45, 2.75) is 79.6 Å². The van der Waals surface area contributed by atoms with Crippen LogP contribution in [0.5, 0.6) is 0 Å². The van der Waals surface area contributed by atoms with Crippen molar-refractivity contribution in [3.8, 4) is 0 Å². The van der Waals surface area contributed by atoms with Crippen LogP contribution in [0.15, 0.2) is 243 Å². The average molecular weight is 1090 g/mol. The van der Waals surface area contributed by atoms with E-state index in [1.165, 1.54) is 42.4 Å². The molecule has 0 aliphatic heterocycles. The summed E-state index contributed by atoms with van der Waals surface area (Å²) in [6.07, 6.45) is 0. The van der Waals surface area contributed by atoms with E-state index in [0.29, 0.717) is 24.2 Å². The summed E-state index contributed by atoms with van der Waals surface area (Å²) in [5.41, 5.74) is 0. The van der Waals surface area contributed by atoms with Crippen molar-refractivity contribution in [1.29, 1.82) is 0 Å². The maximum absolute atomic E-state index is 4.92. The van der Waals surface area contributed by atoms with Gasteiger partial charge in [0.15, 0.2) is 0 Å². The summed E-state index contributed by atoms with van der Waals surface area (Å²) in [5.74, 6) is 0. The Labute approximate surface area is 448 Å². The van der Waals surface area contributed by atoms with Crippen molar-refractivity contribution in [1.82, 2.24) is 5.09 Å². The first-order valence-electron chi connectivity index (χ1n) is 23.9. The van der Waals surface area contributed by atoms with E-state index in [2.05, 4.69) is 303 Å². The van der Waals surface area contributed by atoms with Crippen LogP contribution in [0.2, 0.25) is 0 Å². The topological polar surface area (TPSA) is 54.3 Å². The van der Waals surface area contributed by atoms with Gasteiger partial charge in [-0.1, -0.05) is 187 Å². The molecule has 0 saturated heterocycles. The van der Waals surface area contributed by atoms with Crippen LogP contribution in [0, 0.1) is 0 Å². The van der Waals surface area contributed by atoms with Gasteiger partial charge in [0.2, 0.25) is 0 Å². The van der Waals surface area contributed by atoms with E-state index in [1.807, 2.05) is 0 Å². The van der Waals surface area contributed by atoms with Gasteiger partial charge in [-0.3, -0.25) is 0 Å². The molecule has 70 heavy (non-hydrogen) atoms. The second kappa shape index (κ2) is 34.7. The second-order valence-corrected chi connectivity index (χ2v) is 25.8. The first kappa shape index (κ1) is 60.7. The fraction of sp³-hybridized carbons (Fsp3) is 0.200. The van der Waals surface area contributed by atoms with Gasteiger partial charge < -0.3 is 15.3 Å². The Morgan fingerprint density at radius 3 is 0.571 bits per heavy atom. The summed E-state index contributed by atoms with van der Waals surface area (Å²) in [6, 6.07) is 86.9. The summed E-state index contributed by atoms with van der Waals surface area (Å²) in [6.45, 7) is 17.3. The molecule has 10 heteroatoms. The molecular weight excluding hydrogens is 1020 g/mol. The van der Waals surface area contributed by atoms with Crippen molar-refractivity contribution in [3.05, 3.63) is 258 Å². The fourth-order valence-corrected chi connectivity index (χ4v) is 15.9. The number of nitrogens with zero attached hydrogens (tertiary/aromatic N) is 3. The molecule has 8 aromatic carbocycles. The minimum atomic E-state index is -0.974. The Bertz CT molecular complexity index is 1970. The normalized spacial score (nSPS) is 10.7. The van der Waals surface area contributed by atoms with Crippen molar-refractivity contribution in [2.24, 2.45) is 0 Å². The quantitative estimate of drug-likeness (QED) is 0.0761. The van der Waals surface area contributed by atoms with E-state index < -0.39 is 32.3 Å². The van der Waals surface area contributed by atoms with Gasteiger partial charge in [0, 0.05) is 23.1 Å². The van der Waals surface area contributed by atoms with Crippen LogP contribution in [-0.2, 0) is 34.1 Å². The first-order valence-corrected chi connectivity index (χ1v) is 29.7. The van der Waals surface area contributed by atoms with Crippen molar-refractivity contribution in [2.75, 3.05) is 0 Å². The average Bonchev–Trinajstić information content (AvgIpc) is 3.38. The Kier molecular flexibility index (Phi) is 30.0. The minimum absolute atomic E-state index is 0. The van der Waals surface area contributed by atoms with E-state index >= 15 is 0 Å². The zero-order chi connectivity index (χ0) is 48.4. The standard InChI is InChI=1S/4C15H18NP.Cu.Fe/c4*1-13(2)16-17(14-9-5-3-6-10-14)15-11-7-4-8-12-15;;/h3*3-13,17H,1-2H3;3-13,16H,1-2H3;;/q;;;;+2;/p+1. The smallest absolute Gasteiger partial charge is 0.481 e. The van der Waals surface area contributed by atoms with Gasteiger partial charge in [0.25, 0.3) is 0 Å². The van der Waals surface area contributed by atoms with Crippen molar-refractivity contribution >= 4 is 74.7 Å². The van der Waals surface area contributed by atoms with E-state index in [9.17, 15) is 0 Å². The molecule has 369 valence electrons. The third kappa shape index (κ3) is 22.0. The van der Waals surface area contributed by atoms with E-state index in [1.54, 1.807) is 0 Å². The Morgan fingerprint density at radius 1 is 0.271 bits per heavy atom. The van der Waals surface area contributed by atoms with Gasteiger partial charge in [-0.05, 0) is 135 Å². The third-order valence-corrected chi connectivity index (χ3v) is 20.3. The van der Waals surface area contributed by atoms with Crippen molar-refractivity contribution in [3.63, 3.8) is 0 Å². The molecule has 0 saturated carbocycles. The van der Waals surface area contributed by atoms with Crippen LogP contribution in [0.3, 0.4) is 0 Å². The zero-order valence-electron chi connectivity index (χ0n) is 41.9. The first-order chi connectivity index (χ1) is 33.1. The number of rotatable bonds is 16. The Morgan fingerprint density at radius 2 is 0.429 bits per heavy atom. The zero-order valence-corrected chi connectivity index (χ0v) is 47.9. The van der Waals surface area contributed by atoms with Crippen LogP contribution in [0.1, 0.15) is 55.4 Å². The molecule has 8 rings (SSSR count). The van der Waals surface area contributed by atoms with Gasteiger partial charge in [0.1, 0.15) is 18.7 Å². The van der Waals surface area contributed by atoms with Crippen LogP contribution in [0.4, 0.5) is 0 Å². The second-order valence-electron chi connectivity index (χ2n) is 17.3. The number of hydrogen-bond donors (Lipinski definition) is 1. The SMILES string of the molecule is CC(C)N[PH+](c1ccccc1)c1ccccc1.CC(C)[N-][PH+](c1ccccc1)c1ccccc1.CC(C)[N-][PH+](c1ccccc1)c1ccccc1.CC(C)[N-][PH+](c1ccccc1)c1ccccc1.[Cu+2].[Fe]. The molecule has 0 heterocycles. The van der Waals surface area contributed by atoms with Gasteiger partial charge in [-0.15, -0.1) is 18.1 Å². The van der Waals surface area contributed by atoms with Gasteiger partial charge in [-0.2, -0.15) is 5.09 Å². The molecule has 0 spiro atoms. The largest absolute Gasteiger partial charge is 2.00 e. The number of nitrogens with one attached hydrogen (secondary N) is 1. The molecule has 0 aromatic heterocycles. The van der Waals surface area contributed by atoms with Crippen LogP contribution < -0.4 is 47.5 Å². The summed E-state index contributed by atoms with van der Waals surface area (Å²) in [7, 11) is -3.77. The molecule has 1 radical (unpaired) electrons. The number of benzene rings is 8. The molecule has 0 aliphatic rings. The predicted octanol–water partition coefficient (Wildman–Crippen LogP) is 13.4. The monoisotopic (exact) mass is 1090 g/mol. The molecular formula is C60H73CuFeN4P4+3. The minimum Gasteiger partial charge on any atom is -0.481 e. The molecule has 4 nitrogen and oxygen atoms in total. The van der Waals surface area contributed by atoms with Crippen LogP contribution in [0.25, 0.3) is 15.3 Å². The molecule has 0 aliphatic carbocycles. The van der Waals surface area contributed by atoms with E-state index in [0.717, 1.165) is 0 Å². The van der Waals surface area contributed by atoms with Gasteiger partial charge >= 0.3 is 17.1 Å². The molecule has 0 fully saturated rings. The molecule has 1 N–H and O–H groups in total. The Balaban J connectivity index is 0.000000245. The predicted molar refractivity (Wildman–Crippen MR) is 316 cm³/mol. The number of hydrogen-bond acceptors (Lipinski definition) is 1. The molecule has 0 atom stereocenters. The summed E-state index contributed by atoms with van der Waals surface area (Å²) in [5, 5.41) is 29.5. The van der Waals surface area contributed by atoms with Crippen LogP contribution in [-0.4, -0.2) is 24.2 Å². The molecule has 0 unspecified atom stereocenters. The summed E-state index contributed by atoms with van der Waals surface area (Å²) >= 11 is 0. The van der Waals surface area contributed by atoms with E-state index in [-0.39, 0.29) is 34.1 Å². The maximum Gasteiger partial charge on any atom is 2.00 e. The molecule has 8 aromatic rings. The van der Waals surface area contributed by atoms with E-state index in [4.69, 9.17) is 15.3 Å². The summed E-state index contributed by atoms with van der Waals surface area (Å²) < 4.78 is 0. The summed E-state index contributed by atoms with van der Waals surface area (Å²) in [4.78, 5) is 0. The van der Waals surface area contributed by atoms with Gasteiger partial charge in [-0.25, -0.2) is 0 Å². The maximum atomic E-state index is 4.92. The van der Waals surface area contributed by atoms with Crippen molar-refractivity contribution < 1.29 is 34.1 Å². The van der Waals surface area contributed by atoms with Crippen LogP contribution >= 0.6 is 32.3 Å².